The molecule has 1 aromatic carbocycles. The summed E-state index contributed by atoms with van der Waals surface area (Å²) < 4.78 is 1.57. The van der Waals surface area contributed by atoms with Crippen molar-refractivity contribution in [1.29, 1.82) is 0 Å². The van der Waals surface area contributed by atoms with Crippen molar-refractivity contribution >= 4 is 34.8 Å². The number of para-hydroxylation sites is 1. The van der Waals surface area contributed by atoms with Crippen LogP contribution in [-0.2, 0) is 13.5 Å². The summed E-state index contributed by atoms with van der Waals surface area (Å²) in [5.74, 6) is -0.217. The second-order valence-electron chi connectivity index (χ2n) is 4.64. The van der Waals surface area contributed by atoms with Gasteiger partial charge in [0.15, 0.2) is 0 Å². The van der Waals surface area contributed by atoms with E-state index in [0.717, 1.165) is 23.2 Å². The van der Waals surface area contributed by atoms with Crippen molar-refractivity contribution in [2.24, 2.45) is 7.05 Å². The van der Waals surface area contributed by atoms with Gasteiger partial charge in [0.2, 0.25) is 0 Å². The van der Waals surface area contributed by atoms with Crippen LogP contribution in [0, 0.1) is 6.92 Å². The van der Waals surface area contributed by atoms with Crippen LogP contribution < -0.4 is 5.32 Å². The molecule has 5 heteroatoms. The zero-order valence-corrected chi connectivity index (χ0v) is 13.1. The standard InChI is InChI=1S/C15H16Cl2N2O/c1-4-10-7-5-6-9(2)13(10)18-15(20)12-8-11(16)14(17)19(12)3/h5-8H,4H2,1-3H3,(H,18,20). The quantitative estimate of drug-likeness (QED) is 0.892. The summed E-state index contributed by atoms with van der Waals surface area (Å²) in [5, 5.41) is 3.68. The van der Waals surface area contributed by atoms with Crippen molar-refractivity contribution in [2.75, 3.05) is 5.32 Å². The zero-order valence-electron chi connectivity index (χ0n) is 11.6. The molecular weight excluding hydrogens is 295 g/mol. The fourth-order valence-corrected chi connectivity index (χ4v) is 2.52. The predicted molar refractivity (Wildman–Crippen MR) is 83.9 cm³/mol. The van der Waals surface area contributed by atoms with E-state index in [4.69, 9.17) is 23.2 Å². The first-order valence-electron chi connectivity index (χ1n) is 6.36. The van der Waals surface area contributed by atoms with E-state index < -0.39 is 0 Å². The molecule has 0 aliphatic rings. The van der Waals surface area contributed by atoms with E-state index in [2.05, 4.69) is 12.2 Å². The van der Waals surface area contributed by atoms with Crippen molar-refractivity contribution in [3.63, 3.8) is 0 Å². The Labute approximate surface area is 128 Å². The van der Waals surface area contributed by atoms with Gasteiger partial charge in [-0.3, -0.25) is 4.79 Å². The molecule has 2 rings (SSSR count). The van der Waals surface area contributed by atoms with Gasteiger partial charge >= 0.3 is 0 Å². The van der Waals surface area contributed by atoms with Crippen LogP contribution in [0.4, 0.5) is 5.69 Å². The summed E-state index contributed by atoms with van der Waals surface area (Å²) in [6.07, 6.45) is 0.853. The first-order chi connectivity index (χ1) is 9.45. The van der Waals surface area contributed by atoms with E-state index in [1.165, 1.54) is 0 Å². The van der Waals surface area contributed by atoms with E-state index in [-0.39, 0.29) is 5.91 Å². The molecule has 0 unspecified atom stereocenters. The Morgan fingerprint density at radius 1 is 1.35 bits per heavy atom. The lowest BCUT2D eigenvalue weighted by Crippen LogP contribution is -2.17. The molecule has 0 radical (unpaired) electrons. The number of nitrogens with one attached hydrogen (secondary N) is 1. The largest absolute Gasteiger partial charge is 0.329 e. The molecule has 0 aliphatic carbocycles. The maximum absolute atomic E-state index is 12.4. The summed E-state index contributed by atoms with van der Waals surface area (Å²) >= 11 is 11.9. The number of benzene rings is 1. The van der Waals surface area contributed by atoms with Gasteiger partial charge in [-0.25, -0.2) is 0 Å². The van der Waals surface area contributed by atoms with Crippen molar-refractivity contribution < 1.29 is 4.79 Å². The lowest BCUT2D eigenvalue weighted by atomic mass is 10.1. The maximum atomic E-state index is 12.4. The fourth-order valence-electron chi connectivity index (χ4n) is 2.14. The van der Waals surface area contributed by atoms with Crippen molar-refractivity contribution in [2.45, 2.75) is 20.3 Å². The molecule has 0 saturated carbocycles. The number of aromatic nitrogens is 1. The molecule has 1 N–H and O–H groups in total. The second-order valence-corrected chi connectivity index (χ2v) is 5.41. The average Bonchev–Trinajstić information content (AvgIpc) is 2.68. The first kappa shape index (κ1) is 14.9. The highest BCUT2D eigenvalue weighted by molar-refractivity contribution is 6.42. The summed E-state index contributed by atoms with van der Waals surface area (Å²) in [5.41, 5.74) is 3.42. The number of carbonyl (C=O) groups excluding carboxylic acids is 1. The number of hydrogen-bond donors (Lipinski definition) is 1. The minimum absolute atomic E-state index is 0.217. The summed E-state index contributed by atoms with van der Waals surface area (Å²) in [6, 6.07) is 7.54. The van der Waals surface area contributed by atoms with Crippen LogP contribution in [0.5, 0.6) is 0 Å². The molecule has 0 aliphatic heterocycles. The van der Waals surface area contributed by atoms with E-state index >= 15 is 0 Å². The Morgan fingerprint density at radius 3 is 2.60 bits per heavy atom. The highest BCUT2D eigenvalue weighted by Crippen LogP contribution is 2.27. The van der Waals surface area contributed by atoms with Gasteiger partial charge in [0.05, 0.1) is 5.02 Å². The Balaban J connectivity index is 2.35. The number of anilines is 1. The fraction of sp³-hybridized carbons (Fsp3) is 0.267. The molecule has 1 aromatic heterocycles. The van der Waals surface area contributed by atoms with Crippen LogP contribution in [0.1, 0.15) is 28.5 Å². The molecule has 2 aromatic rings. The van der Waals surface area contributed by atoms with E-state index in [1.54, 1.807) is 17.7 Å². The van der Waals surface area contributed by atoms with Gasteiger partial charge in [-0.05, 0) is 30.5 Å². The number of hydrogen-bond acceptors (Lipinski definition) is 1. The molecule has 3 nitrogen and oxygen atoms in total. The van der Waals surface area contributed by atoms with Gasteiger partial charge in [0.1, 0.15) is 10.8 Å². The summed E-state index contributed by atoms with van der Waals surface area (Å²) in [6.45, 7) is 4.03. The third kappa shape index (κ3) is 2.69. The van der Waals surface area contributed by atoms with Crippen LogP contribution in [-0.4, -0.2) is 10.5 Å². The first-order valence-corrected chi connectivity index (χ1v) is 7.11. The van der Waals surface area contributed by atoms with Crippen molar-refractivity contribution in [3.05, 3.63) is 51.3 Å². The third-order valence-electron chi connectivity index (χ3n) is 3.33. The SMILES string of the molecule is CCc1cccc(C)c1NC(=O)c1cc(Cl)c(Cl)n1C. The molecule has 106 valence electrons. The van der Waals surface area contributed by atoms with Crippen molar-refractivity contribution in [3.8, 4) is 0 Å². The number of rotatable bonds is 3. The Morgan fingerprint density at radius 2 is 2.05 bits per heavy atom. The van der Waals surface area contributed by atoms with E-state index in [0.29, 0.717) is 15.9 Å². The molecule has 0 saturated heterocycles. The molecule has 0 spiro atoms. The molecule has 1 amide bonds. The molecule has 0 bridgehead atoms. The number of nitrogens with zero attached hydrogens (tertiary/aromatic N) is 1. The highest BCUT2D eigenvalue weighted by Gasteiger charge is 2.17. The molecular formula is C15H16Cl2N2O. The maximum Gasteiger partial charge on any atom is 0.272 e. The van der Waals surface area contributed by atoms with E-state index in [9.17, 15) is 4.79 Å². The van der Waals surface area contributed by atoms with Crippen LogP contribution >= 0.6 is 23.2 Å². The molecule has 20 heavy (non-hydrogen) atoms. The van der Waals surface area contributed by atoms with Crippen LogP contribution in [0.2, 0.25) is 10.2 Å². The van der Waals surface area contributed by atoms with Gasteiger partial charge < -0.3 is 9.88 Å². The van der Waals surface area contributed by atoms with Gasteiger partial charge in [-0.2, -0.15) is 0 Å². The highest BCUT2D eigenvalue weighted by atomic mass is 35.5. The van der Waals surface area contributed by atoms with Crippen LogP contribution in [0.15, 0.2) is 24.3 Å². The minimum Gasteiger partial charge on any atom is -0.329 e. The smallest absolute Gasteiger partial charge is 0.272 e. The van der Waals surface area contributed by atoms with Gasteiger partial charge in [0.25, 0.3) is 5.91 Å². The van der Waals surface area contributed by atoms with E-state index in [1.807, 2.05) is 25.1 Å². The molecule has 0 atom stereocenters. The Bertz CT molecular complexity index is 662. The average molecular weight is 311 g/mol. The normalized spacial score (nSPS) is 10.7. The second kappa shape index (κ2) is 5.90. The number of amides is 1. The van der Waals surface area contributed by atoms with Gasteiger partial charge in [-0.15, -0.1) is 0 Å². The Kier molecular flexibility index (Phi) is 4.41. The molecule has 0 fully saturated rings. The van der Waals surface area contributed by atoms with Crippen LogP contribution in [0.25, 0.3) is 0 Å². The van der Waals surface area contributed by atoms with Gasteiger partial charge in [-0.1, -0.05) is 48.3 Å². The van der Waals surface area contributed by atoms with Crippen molar-refractivity contribution in [1.82, 2.24) is 4.57 Å². The number of halogens is 2. The summed E-state index contributed by atoms with van der Waals surface area (Å²) in [4.78, 5) is 12.4. The monoisotopic (exact) mass is 310 g/mol. The number of aryl methyl sites for hydroxylation is 2. The molecule has 1 heterocycles. The Hall–Kier alpha value is -1.45. The predicted octanol–water partition coefficient (Wildman–Crippen LogP) is 4.46. The van der Waals surface area contributed by atoms with Gasteiger partial charge in [0, 0.05) is 12.7 Å². The zero-order chi connectivity index (χ0) is 14.9. The minimum atomic E-state index is -0.217. The third-order valence-corrected chi connectivity index (χ3v) is 4.17. The lowest BCUT2D eigenvalue weighted by molar-refractivity contribution is 0.101. The number of carbonyl (C=O) groups is 1. The lowest BCUT2D eigenvalue weighted by Gasteiger charge is -2.13. The summed E-state index contributed by atoms with van der Waals surface area (Å²) in [7, 11) is 1.71. The topological polar surface area (TPSA) is 34.0 Å². The van der Waals surface area contributed by atoms with Crippen LogP contribution in [0.3, 0.4) is 0 Å².